The quantitative estimate of drug-likeness (QED) is 0.640. The lowest BCUT2D eigenvalue weighted by Crippen LogP contribution is -2.29. The molecule has 0 spiro atoms. The van der Waals surface area contributed by atoms with E-state index in [4.69, 9.17) is 46.4 Å². The molecular formula is C12H8Cl4. The number of halogens is 4. The minimum absolute atomic E-state index is 0.424. The molecule has 2 atom stereocenters. The first-order valence-electron chi connectivity index (χ1n) is 4.68. The van der Waals surface area contributed by atoms with Crippen LogP contribution < -0.4 is 0 Å². The second-order valence-corrected chi connectivity index (χ2v) is 5.45. The van der Waals surface area contributed by atoms with Crippen LogP contribution in [0.2, 0.25) is 0 Å². The molecule has 0 aliphatic heterocycles. The summed E-state index contributed by atoms with van der Waals surface area (Å²) in [6.07, 6.45) is 3.34. The van der Waals surface area contributed by atoms with E-state index in [9.17, 15) is 0 Å². The molecule has 0 heterocycles. The first kappa shape index (κ1) is 12.3. The van der Waals surface area contributed by atoms with Crippen molar-refractivity contribution in [1.29, 1.82) is 0 Å². The Bertz CT molecular complexity index is 449. The van der Waals surface area contributed by atoms with Gasteiger partial charge in [-0.2, -0.15) is 0 Å². The van der Waals surface area contributed by atoms with E-state index in [0.29, 0.717) is 10.1 Å². The number of hydrogen-bond donors (Lipinski definition) is 0. The predicted octanol–water partition coefficient (Wildman–Crippen LogP) is 4.99. The van der Waals surface area contributed by atoms with Crippen LogP contribution in [-0.4, -0.2) is 5.38 Å². The molecule has 1 aromatic carbocycles. The average Bonchev–Trinajstić information content (AvgIpc) is 2.28. The van der Waals surface area contributed by atoms with E-state index in [-0.39, 0.29) is 0 Å². The maximum Gasteiger partial charge on any atom is 0.109 e. The van der Waals surface area contributed by atoms with Gasteiger partial charge in [-0.25, -0.2) is 0 Å². The topological polar surface area (TPSA) is 0 Å². The molecule has 16 heavy (non-hydrogen) atoms. The van der Waals surface area contributed by atoms with Gasteiger partial charge in [0.25, 0.3) is 0 Å². The third-order valence-corrected chi connectivity index (χ3v) is 4.36. The van der Waals surface area contributed by atoms with Crippen LogP contribution in [0.4, 0.5) is 0 Å². The third kappa shape index (κ3) is 2.12. The Morgan fingerprint density at radius 1 is 1.00 bits per heavy atom. The van der Waals surface area contributed by atoms with Crippen molar-refractivity contribution in [3.63, 3.8) is 0 Å². The Labute approximate surface area is 114 Å². The second-order valence-electron chi connectivity index (χ2n) is 3.54. The van der Waals surface area contributed by atoms with Crippen molar-refractivity contribution in [3.8, 4) is 0 Å². The van der Waals surface area contributed by atoms with Gasteiger partial charge in [-0.15, -0.1) is 23.2 Å². The smallest absolute Gasteiger partial charge is 0.109 e. The van der Waals surface area contributed by atoms with Crippen LogP contribution in [0.15, 0.2) is 52.5 Å². The summed E-state index contributed by atoms with van der Waals surface area (Å²) in [5, 5.41) is 0.442. The van der Waals surface area contributed by atoms with Crippen molar-refractivity contribution in [2.24, 2.45) is 0 Å². The van der Waals surface area contributed by atoms with Gasteiger partial charge in [-0.3, -0.25) is 0 Å². The van der Waals surface area contributed by atoms with E-state index in [2.05, 4.69) is 0 Å². The summed E-state index contributed by atoms with van der Waals surface area (Å²) >= 11 is 24.6. The number of benzene rings is 1. The number of rotatable bonds is 1. The van der Waals surface area contributed by atoms with Crippen LogP contribution in [0.3, 0.4) is 0 Å². The van der Waals surface area contributed by atoms with E-state index in [1.54, 1.807) is 12.2 Å². The lowest BCUT2D eigenvalue weighted by atomic mass is 9.91. The van der Waals surface area contributed by atoms with Gasteiger partial charge in [0.2, 0.25) is 0 Å². The highest BCUT2D eigenvalue weighted by Crippen LogP contribution is 2.44. The summed E-state index contributed by atoms with van der Waals surface area (Å²) in [6, 6.07) is 9.56. The summed E-state index contributed by atoms with van der Waals surface area (Å²) in [6.45, 7) is 0. The zero-order valence-corrected chi connectivity index (χ0v) is 11.2. The number of alkyl halides is 2. The molecule has 0 aromatic heterocycles. The Morgan fingerprint density at radius 3 is 2.25 bits per heavy atom. The van der Waals surface area contributed by atoms with E-state index >= 15 is 0 Å². The molecule has 2 unspecified atom stereocenters. The molecule has 84 valence electrons. The van der Waals surface area contributed by atoms with E-state index in [1.807, 2.05) is 30.3 Å². The molecule has 1 aliphatic rings. The molecule has 0 amide bonds. The fourth-order valence-electron chi connectivity index (χ4n) is 1.60. The van der Waals surface area contributed by atoms with Gasteiger partial charge in [0.1, 0.15) is 4.87 Å². The molecule has 0 saturated carbocycles. The van der Waals surface area contributed by atoms with Crippen LogP contribution in [0.5, 0.6) is 0 Å². The lowest BCUT2D eigenvalue weighted by Gasteiger charge is -2.30. The van der Waals surface area contributed by atoms with Crippen LogP contribution in [0.1, 0.15) is 5.56 Å². The third-order valence-electron chi connectivity index (χ3n) is 2.48. The second kappa shape index (κ2) is 4.62. The first-order chi connectivity index (χ1) is 7.54. The summed E-state index contributed by atoms with van der Waals surface area (Å²) < 4.78 is 0. The van der Waals surface area contributed by atoms with Gasteiger partial charge in [-0.1, -0.05) is 53.5 Å². The van der Waals surface area contributed by atoms with Gasteiger partial charge in [0.05, 0.1) is 15.4 Å². The normalized spacial score (nSPS) is 29.6. The zero-order chi connectivity index (χ0) is 11.8. The highest BCUT2D eigenvalue weighted by molar-refractivity contribution is 6.46. The highest BCUT2D eigenvalue weighted by atomic mass is 35.5. The minimum Gasteiger partial charge on any atom is -0.116 e. The van der Waals surface area contributed by atoms with Gasteiger partial charge in [-0.05, 0) is 17.7 Å². The van der Waals surface area contributed by atoms with Crippen molar-refractivity contribution < 1.29 is 0 Å². The van der Waals surface area contributed by atoms with E-state index in [1.165, 1.54) is 0 Å². The van der Waals surface area contributed by atoms with Crippen molar-refractivity contribution in [1.82, 2.24) is 0 Å². The van der Waals surface area contributed by atoms with Crippen molar-refractivity contribution in [2.45, 2.75) is 10.3 Å². The molecule has 0 nitrogen and oxygen atoms in total. The maximum atomic E-state index is 6.52. The summed E-state index contributed by atoms with van der Waals surface area (Å²) in [4.78, 5) is -0.835. The van der Waals surface area contributed by atoms with Gasteiger partial charge in [0.15, 0.2) is 0 Å². The highest BCUT2D eigenvalue weighted by Gasteiger charge is 2.37. The molecule has 0 fully saturated rings. The molecular weight excluding hydrogens is 286 g/mol. The number of allylic oxidation sites excluding steroid dienone is 4. The van der Waals surface area contributed by atoms with Crippen molar-refractivity contribution in [3.05, 3.63) is 58.1 Å². The maximum absolute atomic E-state index is 6.52. The summed E-state index contributed by atoms with van der Waals surface area (Å²) in [7, 11) is 0. The van der Waals surface area contributed by atoms with Crippen LogP contribution in [0.25, 0.3) is 0 Å². The van der Waals surface area contributed by atoms with Gasteiger partial charge >= 0.3 is 0 Å². The Morgan fingerprint density at radius 2 is 1.62 bits per heavy atom. The average molecular weight is 294 g/mol. The lowest BCUT2D eigenvalue weighted by molar-refractivity contribution is 0.767. The molecule has 1 aliphatic carbocycles. The van der Waals surface area contributed by atoms with Crippen LogP contribution in [-0.2, 0) is 4.87 Å². The molecule has 0 bridgehead atoms. The molecule has 2 rings (SSSR count). The summed E-state index contributed by atoms with van der Waals surface area (Å²) in [5.74, 6) is 0. The fourth-order valence-corrected chi connectivity index (χ4v) is 2.75. The zero-order valence-electron chi connectivity index (χ0n) is 8.13. The molecule has 4 heteroatoms. The fraction of sp³-hybridized carbons (Fsp3) is 0.167. The summed E-state index contributed by atoms with van der Waals surface area (Å²) in [5.41, 5.74) is 0.898. The van der Waals surface area contributed by atoms with E-state index in [0.717, 1.165) is 5.56 Å². The largest absolute Gasteiger partial charge is 0.116 e. The van der Waals surface area contributed by atoms with E-state index < -0.39 is 10.3 Å². The molecule has 0 radical (unpaired) electrons. The molecule has 0 N–H and O–H groups in total. The molecule has 0 saturated heterocycles. The van der Waals surface area contributed by atoms with Gasteiger partial charge in [0, 0.05) is 0 Å². The van der Waals surface area contributed by atoms with Gasteiger partial charge < -0.3 is 0 Å². The minimum atomic E-state index is -0.835. The SMILES string of the molecule is ClC1=CC(Cl)C(Cl)(c2ccccc2)C=C1Cl. The predicted molar refractivity (Wildman–Crippen MR) is 71.5 cm³/mol. The Balaban J connectivity index is 2.48. The van der Waals surface area contributed by atoms with Crippen LogP contribution in [0, 0.1) is 0 Å². The monoisotopic (exact) mass is 292 g/mol. The Hall–Kier alpha value is -0.140. The van der Waals surface area contributed by atoms with Crippen molar-refractivity contribution in [2.75, 3.05) is 0 Å². The Kier molecular flexibility index (Phi) is 3.56. The molecule has 1 aromatic rings. The standard InChI is InChI=1S/C12H8Cl4/c13-9-6-11(15)12(16,7-10(9)14)8-4-2-1-3-5-8/h1-7,11H. The number of hydrogen-bond acceptors (Lipinski definition) is 0. The first-order valence-corrected chi connectivity index (χ1v) is 6.25. The van der Waals surface area contributed by atoms with Crippen molar-refractivity contribution >= 4 is 46.4 Å². The van der Waals surface area contributed by atoms with Crippen LogP contribution >= 0.6 is 46.4 Å².